The van der Waals surface area contributed by atoms with E-state index in [2.05, 4.69) is 151 Å². The molecule has 3 heteroatoms. The molecule has 0 bridgehead atoms. The van der Waals surface area contributed by atoms with Crippen LogP contribution in [0.15, 0.2) is 154 Å². The lowest BCUT2D eigenvalue weighted by Gasteiger charge is -2.25. The Morgan fingerprint density at radius 2 is 1.18 bits per heavy atom. The molecule has 9 aromatic rings. The van der Waals surface area contributed by atoms with Crippen LogP contribution in [-0.2, 0) is 0 Å². The van der Waals surface area contributed by atoms with E-state index in [1.165, 1.54) is 21.9 Å². The highest BCUT2D eigenvalue weighted by Crippen LogP contribution is 2.45. The molecule has 0 fully saturated rings. The van der Waals surface area contributed by atoms with Crippen molar-refractivity contribution in [3.8, 4) is 11.1 Å². The maximum Gasteiger partial charge on any atom is 0.159 e. The van der Waals surface area contributed by atoms with Gasteiger partial charge in [-0.1, -0.05) is 103 Å². The highest BCUT2D eigenvalue weighted by atomic mass is 16.3. The first-order valence-electron chi connectivity index (χ1n) is 14.9. The summed E-state index contributed by atoms with van der Waals surface area (Å²) in [6.45, 7) is 2.15. The standard InChI is InChI=1S/C41H27NO2/c1-26-11-5-7-15-30(26)32-17-9-18-33-34-19-10-20-36(41(34)44-40(32)33)42(28-13-3-2-4-14-28)29-22-23-35-38(25-29)43-37-24-21-27-12-6-8-16-31(27)39(35)37/h2-25H,1H3. The van der Waals surface area contributed by atoms with Gasteiger partial charge in [0.2, 0.25) is 0 Å². The lowest BCUT2D eigenvalue weighted by Crippen LogP contribution is -2.09. The maximum absolute atomic E-state index is 6.87. The van der Waals surface area contributed by atoms with Crippen LogP contribution >= 0.6 is 0 Å². The Labute approximate surface area is 254 Å². The number of benzene rings is 7. The smallest absolute Gasteiger partial charge is 0.159 e. The van der Waals surface area contributed by atoms with Gasteiger partial charge in [0, 0.05) is 38.9 Å². The quantitative estimate of drug-likeness (QED) is 0.213. The average Bonchev–Trinajstić information content (AvgIpc) is 3.65. The molecule has 0 aliphatic rings. The number of hydrogen-bond donors (Lipinski definition) is 0. The lowest BCUT2D eigenvalue weighted by atomic mass is 9.98. The first-order chi connectivity index (χ1) is 21.7. The third-order valence-corrected chi connectivity index (χ3v) is 8.80. The van der Waals surface area contributed by atoms with Crippen LogP contribution in [-0.4, -0.2) is 0 Å². The summed E-state index contributed by atoms with van der Waals surface area (Å²) in [4.78, 5) is 2.27. The number of para-hydroxylation sites is 3. The highest BCUT2D eigenvalue weighted by Gasteiger charge is 2.22. The molecular formula is C41H27NO2. The van der Waals surface area contributed by atoms with Crippen LogP contribution in [0.5, 0.6) is 0 Å². The molecule has 7 aromatic carbocycles. The predicted octanol–water partition coefficient (Wildman–Crippen LogP) is 12.1. The number of hydrogen-bond acceptors (Lipinski definition) is 3. The molecule has 0 unspecified atom stereocenters. The minimum atomic E-state index is 0.850. The summed E-state index contributed by atoms with van der Waals surface area (Å²) in [7, 11) is 0. The van der Waals surface area contributed by atoms with E-state index >= 15 is 0 Å². The molecule has 0 atom stereocenters. The molecular weight excluding hydrogens is 538 g/mol. The van der Waals surface area contributed by atoms with E-state index in [1.54, 1.807) is 0 Å². The summed E-state index contributed by atoms with van der Waals surface area (Å²) in [5, 5.41) is 6.87. The molecule has 3 nitrogen and oxygen atoms in total. The van der Waals surface area contributed by atoms with Crippen LogP contribution in [0.4, 0.5) is 17.1 Å². The van der Waals surface area contributed by atoms with Crippen LogP contribution in [0.3, 0.4) is 0 Å². The largest absolute Gasteiger partial charge is 0.456 e. The van der Waals surface area contributed by atoms with Gasteiger partial charge in [-0.3, -0.25) is 0 Å². The average molecular weight is 566 g/mol. The number of nitrogens with zero attached hydrogens (tertiary/aromatic N) is 1. The Morgan fingerprint density at radius 3 is 2.07 bits per heavy atom. The van der Waals surface area contributed by atoms with Crippen molar-refractivity contribution in [2.45, 2.75) is 6.92 Å². The Morgan fingerprint density at radius 1 is 0.455 bits per heavy atom. The molecule has 2 aromatic heterocycles. The Balaban J connectivity index is 1.29. The second kappa shape index (κ2) is 9.62. The SMILES string of the molecule is Cc1ccccc1-c1cccc2c1oc1c(N(c3ccccc3)c3ccc4c(c3)oc3ccc5ccccc5c34)cccc12. The molecule has 0 saturated carbocycles. The van der Waals surface area contributed by atoms with Gasteiger partial charge in [0.1, 0.15) is 16.7 Å². The minimum Gasteiger partial charge on any atom is -0.456 e. The molecule has 0 spiro atoms. The van der Waals surface area contributed by atoms with Crippen LogP contribution in [0, 0.1) is 6.92 Å². The van der Waals surface area contributed by atoms with Crippen molar-refractivity contribution >= 4 is 71.7 Å². The second-order valence-corrected chi connectivity index (χ2v) is 11.4. The molecule has 44 heavy (non-hydrogen) atoms. The van der Waals surface area contributed by atoms with Crippen molar-refractivity contribution in [2.75, 3.05) is 4.90 Å². The van der Waals surface area contributed by atoms with Gasteiger partial charge in [0.05, 0.1) is 11.4 Å². The summed E-state index contributed by atoms with van der Waals surface area (Å²) >= 11 is 0. The normalized spacial score (nSPS) is 11.8. The Kier molecular flexibility index (Phi) is 5.41. The van der Waals surface area contributed by atoms with Gasteiger partial charge in [-0.25, -0.2) is 0 Å². The van der Waals surface area contributed by atoms with Gasteiger partial charge in [0.15, 0.2) is 5.58 Å². The first kappa shape index (κ1) is 24.8. The number of fused-ring (bicyclic) bond motifs is 8. The van der Waals surface area contributed by atoms with Gasteiger partial charge >= 0.3 is 0 Å². The molecule has 0 aliphatic heterocycles. The zero-order valence-electron chi connectivity index (χ0n) is 24.1. The van der Waals surface area contributed by atoms with E-state index in [4.69, 9.17) is 8.83 Å². The van der Waals surface area contributed by atoms with E-state index in [1.807, 2.05) is 6.07 Å². The van der Waals surface area contributed by atoms with Gasteiger partial charge in [-0.05, 0) is 65.2 Å². The van der Waals surface area contributed by atoms with Crippen LogP contribution < -0.4 is 4.90 Å². The Hall–Kier alpha value is -5.80. The first-order valence-corrected chi connectivity index (χ1v) is 14.9. The third kappa shape index (κ3) is 3.69. The summed E-state index contributed by atoms with van der Waals surface area (Å²) in [6, 6.07) is 51.0. The molecule has 0 aliphatic carbocycles. The van der Waals surface area contributed by atoms with Crippen molar-refractivity contribution < 1.29 is 8.83 Å². The fraction of sp³-hybridized carbons (Fsp3) is 0.0244. The predicted molar refractivity (Wildman–Crippen MR) is 183 cm³/mol. The monoisotopic (exact) mass is 565 g/mol. The topological polar surface area (TPSA) is 29.5 Å². The van der Waals surface area contributed by atoms with E-state index in [0.717, 1.165) is 66.5 Å². The van der Waals surface area contributed by atoms with Gasteiger partial charge in [0.25, 0.3) is 0 Å². The second-order valence-electron chi connectivity index (χ2n) is 11.4. The molecule has 208 valence electrons. The van der Waals surface area contributed by atoms with E-state index < -0.39 is 0 Å². The van der Waals surface area contributed by atoms with Crippen molar-refractivity contribution in [3.05, 3.63) is 151 Å². The summed E-state index contributed by atoms with van der Waals surface area (Å²) < 4.78 is 13.4. The zero-order chi connectivity index (χ0) is 29.2. The highest BCUT2D eigenvalue weighted by molar-refractivity contribution is 6.19. The molecule has 9 rings (SSSR count). The van der Waals surface area contributed by atoms with Crippen LogP contribution in [0.1, 0.15) is 5.56 Å². The molecule has 0 N–H and O–H groups in total. The van der Waals surface area contributed by atoms with Crippen molar-refractivity contribution in [1.29, 1.82) is 0 Å². The zero-order valence-corrected chi connectivity index (χ0v) is 24.1. The lowest BCUT2D eigenvalue weighted by molar-refractivity contribution is 0.668. The van der Waals surface area contributed by atoms with Crippen molar-refractivity contribution in [2.24, 2.45) is 0 Å². The van der Waals surface area contributed by atoms with Crippen LogP contribution in [0.2, 0.25) is 0 Å². The minimum absolute atomic E-state index is 0.850. The Bertz CT molecular complexity index is 2520. The van der Waals surface area contributed by atoms with Gasteiger partial charge in [-0.15, -0.1) is 0 Å². The fourth-order valence-electron chi connectivity index (χ4n) is 6.75. The van der Waals surface area contributed by atoms with Crippen molar-refractivity contribution in [1.82, 2.24) is 0 Å². The van der Waals surface area contributed by atoms with Gasteiger partial charge in [-0.2, -0.15) is 0 Å². The van der Waals surface area contributed by atoms with Crippen LogP contribution in [0.25, 0.3) is 65.8 Å². The van der Waals surface area contributed by atoms with Crippen molar-refractivity contribution in [3.63, 3.8) is 0 Å². The number of anilines is 3. The number of rotatable bonds is 4. The number of aryl methyl sites for hydroxylation is 1. The van der Waals surface area contributed by atoms with Gasteiger partial charge < -0.3 is 13.7 Å². The summed E-state index contributed by atoms with van der Waals surface area (Å²) in [5.74, 6) is 0. The number of furan rings is 2. The molecule has 0 radical (unpaired) electrons. The maximum atomic E-state index is 6.87. The fourth-order valence-corrected chi connectivity index (χ4v) is 6.75. The molecule has 0 amide bonds. The molecule has 2 heterocycles. The van der Waals surface area contributed by atoms with E-state index in [-0.39, 0.29) is 0 Å². The summed E-state index contributed by atoms with van der Waals surface area (Å²) in [5.41, 5.74) is 10.0. The summed E-state index contributed by atoms with van der Waals surface area (Å²) in [6.07, 6.45) is 0. The van der Waals surface area contributed by atoms with E-state index in [0.29, 0.717) is 0 Å². The third-order valence-electron chi connectivity index (χ3n) is 8.80. The van der Waals surface area contributed by atoms with E-state index in [9.17, 15) is 0 Å². The molecule has 0 saturated heterocycles.